The van der Waals surface area contributed by atoms with E-state index in [1.165, 1.54) is 19.6 Å². The molecule has 0 radical (unpaired) electrons. The minimum Gasteiger partial charge on any atom is -0.453 e. The Labute approximate surface area is 176 Å². The first-order valence-electron chi connectivity index (χ1n) is 10.3. The average molecular weight is 409 g/mol. The maximum absolute atomic E-state index is 11.2. The van der Waals surface area contributed by atoms with Gasteiger partial charge in [0.1, 0.15) is 12.1 Å². The molecule has 0 aliphatic carbocycles. The van der Waals surface area contributed by atoms with E-state index in [-0.39, 0.29) is 6.04 Å². The van der Waals surface area contributed by atoms with Gasteiger partial charge in [0.25, 0.3) is 0 Å². The molecule has 7 heteroatoms. The van der Waals surface area contributed by atoms with Crippen LogP contribution in [-0.4, -0.2) is 54.0 Å². The lowest BCUT2D eigenvalue weighted by atomic mass is 10.2. The summed E-state index contributed by atoms with van der Waals surface area (Å²) in [6.07, 6.45) is 1.28. The van der Waals surface area contributed by atoms with Gasteiger partial charge in [-0.1, -0.05) is 40.7 Å². The summed E-state index contributed by atoms with van der Waals surface area (Å²) in [6.45, 7) is 14.9. The van der Waals surface area contributed by atoms with Crippen LogP contribution in [0.2, 0.25) is 0 Å². The van der Waals surface area contributed by atoms with Crippen molar-refractivity contribution in [2.75, 3.05) is 20.7 Å². The number of aromatic nitrogens is 2. The number of hydrogen-bond donors (Lipinski definition) is 2. The molecule has 2 aromatic rings. The highest BCUT2D eigenvalue weighted by Gasteiger charge is 2.16. The molecule has 166 valence electrons. The molecular formula is C22H40N4O3. The van der Waals surface area contributed by atoms with Gasteiger partial charge in [0.15, 0.2) is 0 Å². The minimum atomic E-state index is -0.397. The van der Waals surface area contributed by atoms with Crippen molar-refractivity contribution in [1.82, 2.24) is 20.2 Å². The molecule has 0 saturated heterocycles. The molecule has 1 heterocycles. The molecule has 29 heavy (non-hydrogen) atoms. The van der Waals surface area contributed by atoms with Gasteiger partial charge in [0.05, 0.1) is 24.7 Å². The van der Waals surface area contributed by atoms with Gasteiger partial charge in [-0.25, -0.2) is 9.78 Å². The number of amides is 1. The molecule has 1 aromatic carbocycles. The number of alkyl carbamates (subject to hydrolysis) is 1. The quantitative estimate of drug-likeness (QED) is 0.677. The standard InChI is InChI=1S/C16H24N4O2.C2H4O.2C2H6/c1-5-12(9-17-16(21)22-4)20(3)10-15-18-13-7-6-11(2)8-14(13)19-15;1-2-3;2*1-2/h6-8,12H,5,9-10H2,1-4H3,(H,17,21)(H,18,19);2H,1H3;2*1-2H3/t12-;;;/m1.../s1. The van der Waals surface area contributed by atoms with E-state index in [1.54, 1.807) is 0 Å². The molecule has 2 rings (SSSR count). The number of imidazole rings is 1. The van der Waals surface area contributed by atoms with Crippen LogP contribution in [0.15, 0.2) is 18.2 Å². The molecule has 0 fully saturated rings. The second kappa shape index (κ2) is 17.7. The number of nitrogens with zero attached hydrogens (tertiary/aromatic N) is 2. The zero-order valence-corrected chi connectivity index (χ0v) is 19.6. The summed E-state index contributed by atoms with van der Waals surface area (Å²) in [5.41, 5.74) is 3.25. The van der Waals surface area contributed by atoms with Gasteiger partial charge in [0, 0.05) is 12.6 Å². The van der Waals surface area contributed by atoms with Crippen LogP contribution in [0.1, 0.15) is 59.4 Å². The van der Waals surface area contributed by atoms with Crippen LogP contribution in [0.5, 0.6) is 0 Å². The molecule has 1 aromatic heterocycles. The van der Waals surface area contributed by atoms with E-state index < -0.39 is 6.09 Å². The van der Waals surface area contributed by atoms with E-state index in [4.69, 9.17) is 4.79 Å². The predicted molar refractivity (Wildman–Crippen MR) is 121 cm³/mol. The third kappa shape index (κ3) is 11.2. The van der Waals surface area contributed by atoms with Gasteiger partial charge in [-0.2, -0.15) is 0 Å². The Morgan fingerprint density at radius 2 is 1.90 bits per heavy atom. The molecule has 0 saturated carbocycles. The SMILES string of the molecule is CC.CC.CC=O.CC[C@H](CNC(=O)OC)N(C)Cc1nc2ccc(C)cc2[nH]1. The summed E-state index contributed by atoms with van der Waals surface area (Å²) in [5.74, 6) is 0.930. The van der Waals surface area contributed by atoms with E-state index in [0.29, 0.717) is 13.1 Å². The number of hydrogen-bond acceptors (Lipinski definition) is 5. The average Bonchev–Trinajstić information content (AvgIpc) is 3.13. The van der Waals surface area contributed by atoms with E-state index in [2.05, 4.69) is 50.9 Å². The van der Waals surface area contributed by atoms with Crippen molar-refractivity contribution < 1.29 is 14.3 Å². The molecule has 0 spiro atoms. The molecule has 7 nitrogen and oxygen atoms in total. The number of aromatic amines is 1. The fraction of sp³-hybridized carbons (Fsp3) is 0.591. The zero-order valence-electron chi connectivity index (χ0n) is 19.6. The van der Waals surface area contributed by atoms with Crippen LogP contribution >= 0.6 is 0 Å². The fourth-order valence-electron chi connectivity index (χ4n) is 2.50. The molecular weight excluding hydrogens is 368 g/mol. The van der Waals surface area contributed by atoms with E-state index >= 15 is 0 Å². The fourth-order valence-corrected chi connectivity index (χ4v) is 2.50. The first kappa shape index (κ1) is 28.8. The second-order valence-electron chi connectivity index (χ2n) is 5.79. The van der Waals surface area contributed by atoms with Gasteiger partial charge in [-0.15, -0.1) is 0 Å². The lowest BCUT2D eigenvalue weighted by Gasteiger charge is -2.26. The van der Waals surface area contributed by atoms with Gasteiger partial charge >= 0.3 is 6.09 Å². The summed E-state index contributed by atoms with van der Waals surface area (Å²) in [5, 5.41) is 2.75. The highest BCUT2D eigenvalue weighted by Crippen LogP contribution is 2.15. The number of nitrogens with one attached hydrogen (secondary N) is 2. The summed E-state index contributed by atoms with van der Waals surface area (Å²) < 4.78 is 4.61. The van der Waals surface area contributed by atoms with Gasteiger partial charge < -0.3 is 19.8 Å². The summed E-state index contributed by atoms with van der Waals surface area (Å²) in [4.78, 5) is 30.1. The summed E-state index contributed by atoms with van der Waals surface area (Å²) in [6, 6.07) is 6.42. The topological polar surface area (TPSA) is 87.3 Å². The summed E-state index contributed by atoms with van der Waals surface area (Å²) >= 11 is 0. The molecule has 0 aliphatic heterocycles. The van der Waals surface area contributed by atoms with Gasteiger partial charge in [-0.05, 0) is 45.0 Å². The van der Waals surface area contributed by atoms with Crippen LogP contribution in [-0.2, 0) is 16.1 Å². The maximum Gasteiger partial charge on any atom is 0.406 e. The van der Waals surface area contributed by atoms with Crippen LogP contribution in [0.4, 0.5) is 4.79 Å². The number of rotatable bonds is 6. The predicted octanol–water partition coefficient (Wildman–Crippen LogP) is 4.70. The Bertz CT molecular complexity index is 686. The summed E-state index contributed by atoms with van der Waals surface area (Å²) in [7, 11) is 3.40. The van der Waals surface area contributed by atoms with Gasteiger partial charge in [0.2, 0.25) is 0 Å². The number of likely N-dealkylation sites (N-methyl/N-ethyl adjacent to an activating group) is 1. The van der Waals surface area contributed by atoms with E-state index in [0.717, 1.165) is 29.6 Å². The first-order chi connectivity index (χ1) is 13.9. The van der Waals surface area contributed by atoms with Crippen LogP contribution in [0, 0.1) is 6.92 Å². The van der Waals surface area contributed by atoms with E-state index in [9.17, 15) is 4.79 Å². The van der Waals surface area contributed by atoms with E-state index in [1.807, 2.05) is 40.8 Å². The Hall–Kier alpha value is -2.41. The van der Waals surface area contributed by atoms with Crippen molar-refractivity contribution in [3.8, 4) is 0 Å². The lowest BCUT2D eigenvalue weighted by molar-refractivity contribution is -0.106. The highest BCUT2D eigenvalue weighted by atomic mass is 16.5. The van der Waals surface area contributed by atoms with Crippen LogP contribution in [0.3, 0.4) is 0 Å². The van der Waals surface area contributed by atoms with Crippen molar-refractivity contribution in [3.05, 3.63) is 29.6 Å². The molecule has 1 atom stereocenters. The highest BCUT2D eigenvalue weighted by molar-refractivity contribution is 5.75. The Morgan fingerprint density at radius 1 is 1.31 bits per heavy atom. The van der Waals surface area contributed by atoms with Crippen LogP contribution < -0.4 is 5.32 Å². The molecule has 2 N–H and O–H groups in total. The number of carbonyl (C=O) groups is 2. The number of aldehydes is 1. The van der Waals surface area contributed by atoms with Crippen LogP contribution in [0.25, 0.3) is 11.0 Å². The molecule has 1 amide bonds. The van der Waals surface area contributed by atoms with Crippen molar-refractivity contribution in [2.45, 2.75) is 67.5 Å². The van der Waals surface area contributed by atoms with Crippen molar-refractivity contribution in [3.63, 3.8) is 0 Å². The molecule has 0 bridgehead atoms. The minimum absolute atomic E-state index is 0.231. The number of fused-ring (bicyclic) bond motifs is 1. The smallest absolute Gasteiger partial charge is 0.406 e. The Balaban J connectivity index is 0. The normalized spacial score (nSPS) is 10.4. The first-order valence-corrected chi connectivity index (χ1v) is 10.3. The third-order valence-electron chi connectivity index (χ3n) is 3.85. The number of H-pyrrole nitrogens is 1. The van der Waals surface area contributed by atoms with Crippen molar-refractivity contribution in [2.24, 2.45) is 0 Å². The third-order valence-corrected chi connectivity index (χ3v) is 3.85. The number of methoxy groups -OCH3 is 1. The van der Waals surface area contributed by atoms with Crippen molar-refractivity contribution >= 4 is 23.4 Å². The van der Waals surface area contributed by atoms with Gasteiger partial charge in [-0.3, -0.25) is 4.90 Å². The molecule has 0 unspecified atom stereocenters. The number of ether oxygens (including phenoxy) is 1. The molecule has 0 aliphatic rings. The lowest BCUT2D eigenvalue weighted by Crippen LogP contribution is -2.41. The number of aryl methyl sites for hydroxylation is 1. The maximum atomic E-state index is 11.2. The zero-order chi connectivity index (χ0) is 22.8. The van der Waals surface area contributed by atoms with Crippen molar-refractivity contribution in [1.29, 1.82) is 0 Å². The largest absolute Gasteiger partial charge is 0.453 e. The second-order valence-corrected chi connectivity index (χ2v) is 5.79. The monoisotopic (exact) mass is 408 g/mol. The Morgan fingerprint density at radius 3 is 2.41 bits per heavy atom. The Kier molecular flexibility index (Phi) is 17.5. The number of benzene rings is 1. The number of carbonyl (C=O) groups excluding carboxylic acids is 2.